The standard InChI is InChI=1S/C25H24N2O5S/c1-30-17-10-8-16(9-11-17)24(29)26-20-7-5-4-6-19(20)25-27(23(28)15-33-25)21-14-18(31-2)12-13-22(21)32-3/h4-14,25H,15H2,1-3H3,(H,26,29)/t25-/m0/s1. The van der Waals surface area contributed by atoms with Crippen LogP contribution in [0, 0.1) is 0 Å². The molecule has 7 nitrogen and oxygen atoms in total. The lowest BCUT2D eigenvalue weighted by Gasteiger charge is -2.27. The van der Waals surface area contributed by atoms with Crippen molar-refractivity contribution in [3.63, 3.8) is 0 Å². The highest BCUT2D eigenvalue weighted by Gasteiger charge is 2.37. The van der Waals surface area contributed by atoms with E-state index in [1.165, 1.54) is 11.8 Å². The maximum atomic E-state index is 13.0. The molecule has 0 saturated carbocycles. The second-order valence-corrected chi connectivity index (χ2v) is 8.30. The molecule has 0 bridgehead atoms. The number of thioether (sulfide) groups is 1. The van der Waals surface area contributed by atoms with E-state index < -0.39 is 0 Å². The Morgan fingerprint density at radius 3 is 2.33 bits per heavy atom. The second kappa shape index (κ2) is 9.87. The fourth-order valence-corrected chi connectivity index (χ4v) is 4.87. The van der Waals surface area contributed by atoms with Crippen LogP contribution in [0.1, 0.15) is 21.3 Å². The van der Waals surface area contributed by atoms with Gasteiger partial charge in [0.05, 0.1) is 32.8 Å². The van der Waals surface area contributed by atoms with Gasteiger partial charge in [0.2, 0.25) is 5.91 Å². The Labute approximate surface area is 196 Å². The zero-order valence-corrected chi connectivity index (χ0v) is 19.3. The van der Waals surface area contributed by atoms with Gasteiger partial charge in [-0.15, -0.1) is 11.8 Å². The number of benzene rings is 3. The minimum atomic E-state index is -0.342. The van der Waals surface area contributed by atoms with E-state index in [-0.39, 0.29) is 17.2 Å². The molecule has 0 aromatic heterocycles. The molecule has 1 N–H and O–H groups in total. The predicted molar refractivity (Wildman–Crippen MR) is 130 cm³/mol. The van der Waals surface area contributed by atoms with Crippen molar-refractivity contribution in [2.24, 2.45) is 0 Å². The summed E-state index contributed by atoms with van der Waals surface area (Å²) in [4.78, 5) is 27.6. The number of methoxy groups -OCH3 is 3. The summed E-state index contributed by atoms with van der Waals surface area (Å²) in [5, 5.41) is 2.65. The average molecular weight is 465 g/mol. The molecule has 0 aliphatic carbocycles. The van der Waals surface area contributed by atoms with Crippen molar-refractivity contribution in [1.29, 1.82) is 0 Å². The van der Waals surface area contributed by atoms with Gasteiger partial charge >= 0.3 is 0 Å². The van der Waals surface area contributed by atoms with Gasteiger partial charge in [0, 0.05) is 22.9 Å². The number of rotatable bonds is 7. The first kappa shape index (κ1) is 22.5. The molecular formula is C25H24N2O5S. The van der Waals surface area contributed by atoms with Crippen LogP contribution in [0.3, 0.4) is 0 Å². The monoisotopic (exact) mass is 464 g/mol. The first-order valence-electron chi connectivity index (χ1n) is 10.3. The molecule has 1 atom stereocenters. The van der Waals surface area contributed by atoms with E-state index in [1.807, 2.05) is 24.3 Å². The third-order valence-corrected chi connectivity index (χ3v) is 6.53. The van der Waals surface area contributed by atoms with Crippen LogP contribution < -0.4 is 24.4 Å². The zero-order valence-electron chi connectivity index (χ0n) is 18.5. The van der Waals surface area contributed by atoms with E-state index >= 15 is 0 Å². The molecule has 33 heavy (non-hydrogen) atoms. The van der Waals surface area contributed by atoms with Crippen molar-refractivity contribution >= 4 is 35.0 Å². The van der Waals surface area contributed by atoms with Crippen LogP contribution in [0.4, 0.5) is 11.4 Å². The lowest BCUT2D eigenvalue weighted by atomic mass is 10.1. The Bertz CT molecular complexity index is 1170. The molecule has 170 valence electrons. The van der Waals surface area contributed by atoms with Crippen molar-refractivity contribution in [1.82, 2.24) is 0 Å². The summed E-state index contributed by atoms with van der Waals surface area (Å²) in [6.07, 6.45) is 0. The lowest BCUT2D eigenvalue weighted by molar-refractivity contribution is -0.115. The fourth-order valence-electron chi connectivity index (χ4n) is 3.66. The first-order chi connectivity index (χ1) is 16.0. The summed E-state index contributed by atoms with van der Waals surface area (Å²) in [6.45, 7) is 0. The predicted octanol–water partition coefficient (Wildman–Crippen LogP) is 4.74. The third-order valence-electron chi connectivity index (χ3n) is 5.34. The summed E-state index contributed by atoms with van der Waals surface area (Å²) < 4.78 is 16.1. The van der Waals surface area contributed by atoms with E-state index in [0.29, 0.717) is 39.9 Å². The Hall–Kier alpha value is -3.65. The highest BCUT2D eigenvalue weighted by Crippen LogP contribution is 2.47. The van der Waals surface area contributed by atoms with Gasteiger partial charge in [-0.05, 0) is 42.5 Å². The minimum Gasteiger partial charge on any atom is -0.497 e. The number of amides is 2. The molecule has 1 aliphatic rings. The van der Waals surface area contributed by atoms with Crippen LogP contribution in [0.5, 0.6) is 17.2 Å². The maximum Gasteiger partial charge on any atom is 0.255 e. The van der Waals surface area contributed by atoms with Gasteiger partial charge in [0.25, 0.3) is 5.91 Å². The maximum absolute atomic E-state index is 13.0. The number of carbonyl (C=O) groups excluding carboxylic acids is 2. The van der Waals surface area contributed by atoms with Gasteiger partial charge in [0.15, 0.2) is 0 Å². The number of para-hydroxylation sites is 1. The normalized spacial score (nSPS) is 15.3. The molecule has 3 aromatic carbocycles. The van der Waals surface area contributed by atoms with Gasteiger partial charge < -0.3 is 19.5 Å². The second-order valence-electron chi connectivity index (χ2n) is 7.23. The molecule has 0 spiro atoms. The van der Waals surface area contributed by atoms with E-state index in [2.05, 4.69) is 5.32 Å². The van der Waals surface area contributed by atoms with Crippen molar-refractivity contribution in [2.75, 3.05) is 37.3 Å². The average Bonchev–Trinajstić information content (AvgIpc) is 3.24. The largest absolute Gasteiger partial charge is 0.497 e. The van der Waals surface area contributed by atoms with E-state index in [0.717, 1.165) is 5.56 Å². The van der Waals surface area contributed by atoms with E-state index in [1.54, 1.807) is 68.7 Å². The van der Waals surface area contributed by atoms with Crippen LogP contribution in [0.25, 0.3) is 0 Å². The summed E-state index contributed by atoms with van der Waals surface area (Å²) in [5.41, 5.74) is 2.58. The van der Waals surface area contributed by atoms with Crippen molar-refractivity contribution in [3.05, 3.63) is 77.9 Å². The molecule has 2 amide bonds. The minimum absolute atomic E-state index is 0.0483. The van der Waals surface area contributed by atoms with E-state index in [4.69, 9.17) is 14.2 Å². The van der Waals surface area contributed by atoms with Gasteiger partial charge in [-0.2, -0.15) is 0 Å². The molecule has 0 unspecified atom stereocenters. The number of ether oxygens (including phenoxy) is 3. The van der Waals surface area contributed by atoms with Crippen molar-refractivity contribution in [3.8, 4) is 17.2 Å². The molecule has 1 fully saturated rings. The number of nitrogens with zero attached hydrogens (tertiary/aromatic N) is 1. The quantitative estimate of drug-likeness (QED) is 0.544. The first-order valence-corrected chi connectivity index (χ1v) is 11.3. The summed E-state index contributed by atoms with van der Waals surface area (Å²) >= 11 is 1.49. The lowest BCUT2D eigenvalue weighted by Crippen LogP contribution is -2.29. The van der Waals surface area contributed by atoms with Crippen LogP contribution >= 0.6 is 11.8 Å². The zero-order chi connectivity index (χ0) is 23.4. The van der Waals surface area contributed by atoms with Crippen LogP contribution in [-0.2, 0) is 4.79 Å². The number of hydrogen-bond acceptors (Lipinski definition) is 6. The Balaban J connectivity index is 1.68. The van der Waals surface area contributed by atoms with Gasteiger partial charge in [-0.25, -0.2) is 0 Å². The fraction of sp³-hybridized carbons (Fsp3) is 0.200. The molecule has 1 heterocycles. The number of carbonyl (C=O) groups is 2. The van der Waals surface area contributed by atoms with Crippen LogP contribution in [0.2, 0.25) is 0 Å². The smallest absolute Gasteiger partial charge is 0.255 e. The van der Waals surface area contributed by atoms with Crippen LogP contribution in [0.15, 0.2) is 66.7 Å². The molecule has 8 heteroatoms. The van der Waals surface area contributed by atoms with Crippen LogP contribution in [-0.4, -0.2) is 38.9 Å². The molecule has 3 aromatic rings. The van der Waals surface area contributed by atoms with Crippen molar-refractivity contribution < 1.29 is 23.8 Å². The highest BCUT2D eigenvalue weighted by atomic mass is 32.2. The SMILES string of the molecule is COc1ccc(C(=O)Nc2ccccc2[C@@H]2SCC(=O)N2c2cc(OC)ccc2OC)cc1. The Morgan fingerprint density at radius 2 is 1.64 bits per heavy atom. The summed E-state index contributed by atoms with van der Waals surface area (Å²) in [7, 11) is 4.72. The molecule has 1 aliphatic heterocycles. The molecule has 4 rings (SSSR count). The molecular weight excluding hydrogens is 440 g/mol. The molecule has 1 saturated heterocycles. The summed E-state index contributed by atoms with van der Waals surface area (Å²) in [5.74, 6) is 1.88. The number of anilines is 2. The summed E-state index contributed by atoms with van der Waals surface area (Å²) in [6, 6.07) is 19.7. The van der Waals surface area contributed by atoms with Gasteiger partial charge in [-0.3, -0.25) is 14.5 Å². The molecule has 0 radical (unpaired) electrons. The Kier molecular flexibility index (Phi) is 6.74. The number of nitrogens with one attached hydrogen (secondary N) is 1. The van der Waals surface area contributed by atoms with Gasteiger partial charge in [-0.1, -0.05) is 18.2 Å². The Morgan fingerprint density at radius 1 is 0.939 bits per heavy atom. The van der Waals surface area contributed by atoms with Crippen molar-refractivity contribution in [2.45, 2.75) is 5.37 Å². The topological polar surface area (TPSA) is 77.1 Å². The van der Waals surface area contributed by atoms with E-state index in [9.17, 15) is 9.59 Å². The highest BCUT2D eigenvalue weighted by molar-refractivity contribution is 8.00. The van der Waals surface area contributed by atoms with Gasteiger partial charge in [0.1, 0.15) is 22.6 Å². The number of hydrogen-bond donors (Lipinski definition) is 1. The third kappa shape index (κ3) is 4.61.